The highest BCUT2D eigenvalue weighted by molar-refractivity contribution is 7.97. The summed E-state index contributed by atoms with van der Waals surface area (Å²) in [5.41, 5.74) is 12.3. The van der Waals surface area contributed by atoms with Crippen LogP contribution in [0.5, 0.6) is 0 Å². The number of benzene rings is 1. The molecule has 1 atom stereocenters. The summed E-state index contributed by atoms with van der Waals surface area (Å²) >= 11 is 1.76. The summed E-state index contributed by atoms with van der Waals surface area (Å²) in [7, 11) is 0. The van der Waals surface area contributed by atoms with Gasteiger partial charge in [-0.05, 0) is 42.6 Å². The molecule has 1 aliphatic heterocycles. The summed E-state index contributed by atoms with van der Waals surface area (Å²) in [6.07, 6.45) is 1.10. The fraction of sp³-hybridized carbons (Fsp3) is 0.400. The van der Waals surface area contributed by atoms with Crippen molar-refractivity contribution in [2.24, 2.45) is 5.73 Å². The second-order valence-electron chi connectivity index (χ2n) is 3.60. The topological polar surface area (TPSA) is 55.3 Å². The molecule has 1 aromatic carbocycles. The maximum absolute atomic E-state index is 5.83. The van der Waals surface area contributed by atoms with E-state index < -0.39 is 0 Å². The predicted octanol–water partition coefficient (Wildman–Crippen LogP) is 1.31. The van der Waals surface area contributed by atoms with Gasteiger partial charge in [0.05, 0.1) is 0 Å². The third-order valence-electron chi connectivity index (χ3n) is 2.30. The molecule has 3 nitrogen and oxygen atoms in total. The summed E-state index contributed by atoms with van der Waals surface area (Å²) in [6.45, 7) is 2.06. The van der Waals surface area contributed by atoms with Gasteiger partial charge in [0.1, 0.15) is 0 Å². The molecule has 4 heteroatoms. The largest absolute Gasteiger partial charge is 0.399 e. The summed E-state index contributed by atoms with van der Waals surface area (Å²) < 4.78 is 2.30. The van der Waals surface area contributed by atoms with Gasteiger partial charge >= 0.3 is 0 Å². The number of nitrogens with zero attached hydrogens (tertiary/aromatic N) is 1. The Hall–Kier alpha value is -0.710. The van der Waals surface area contributed by atoms with E-state index in [0.717, 1.165) is 25.2 Å². The lowest BCUT2D eigenvalue weighted by Gasteiger charge is -2.13. The molecule has 0 aliphatic carbocycles. The number of hydrogen-bond acceptors (Lipinski definition) is 4. The van der Waals surface area contributed by atoms with Crippen molar-refractivity contribution >= 4 is 17.6 Å². The quantitative estimate of drug-likeness (QED) is 0.569. The summed E-state index contributed by atoms with van der Waals surface area (Å²) in [4.78, 5) is 1.23. The molecule has 1 aliphatic rings. The maximum atomic E-state index is 5.83. The zero-order valence-electron chi connectivity index (χ0n) is 8.02. The Morgan fingerprint density at radius 1 is 1.29 bits per heavy atom. The molecule has 4 N–H and O–H groups in total. The Labute approximate surface area is 88.6 Å². The summed E-state index contributed by atoms with van der Waals surface area (Å²) in [5, 5.41) is 0. The van der Waals surface area contributed by atoms with Crippen LogP contribution in [0.15, 0.2) is 29.2 Å². The standard InChI is InChI=1S/C10H15N3S/c11-8-1-3-10(4-2-8)14-13-6-5-9(12)7-13/h1-4,9H,5-7,11-12H2. The van der Waals surface area contributed by atoms with E-state index in [0.29, 0.717) is 6.04 Å². The van der Waals surface area contributed by atoms with Gasteiger partial charge in [-0.1, -0.05) is 0 Å². The third-order valence-corrected chi connectivity index (χ3v) is 3.37. The van der Waals surface area contributed by atoms with Gasteiger partial charge < -0.3 is 11.5 Å². The Bertz CT molecular complexity index is 299. The van der Waals surface area contributed by atoms with E-state index in [2.05, 4.69) is 4.31 Å². The molecule has 1 aromatic rings. The van der Waals surface area contributed by atoms with Gasteiger partial charge in [0, 0.05) is 29.7 Å². The van der Waals surface area contributed by atoms with Crippen molar-refractivity contribution in [3.63, 3.8) is 0 Å². The smallest absolute Gasteiger partial charge is 0.0314 e. The fourth-order valence-corrected chi connectivity index (χ4v) is 2.53. The van der Waals surface area contributed by atoms with Crippen LogP contribution in [0.2, 0.25) is 0 Å². The first-order valence-corrected chi connectivity index (χ1v) is 5.55. The minimum Gasteiger partial charge on any atom is -0.399 e. The van der Waals surface area contributed by atoms with Gasteiger partial charge in [0.2, 0.25) is 0 Å². The molecule has 0 bridgehead atoms. The van der Waals surface area contributed by atoms with Crippen LogP contribution in [0.4, 0.5) is 5.69 Å². The fourth-order valence-electron chi connectivity index (χ4n) is 1.51. The second-order valence-corrected chi connectivity index (χ2v) is 4.77. The third kappa shape index (κ3) is 2.41. The molecule has 1 fully saturated rings. The molecular formula is C10H15N3S. The predicted molar refractivity (Wildman–Crippen MR) is 60.9 cm³/mol. The number of nitrogens with two attached hydrogens (primary N) is 2. The lowest BCUT2D eigenvalue weighted by Crippen LogP contribution is -2.22. The van der Waals surface area contributed by atoms with Crippen LogP contribution in [-0.2, 0) is 0 Å². The minimum atomic E-state index is 0.344. The van der Waals surface area contributed by atoms with E-state index >= 15 is 0 Å². The van der Waals surface area contributed by atoms with Crippen LogP contribution in [0.1, 0.15) is 6.42 Å². The zero-order chi connectivity index (χ0) is 9.97. The highest BCUT2D eigenvalue weighted by Gasteiger charge is 2.19. The van der Waals surface area contributed by atoms with Crippen LogP contribution < -0.4 is 11.5 Å². The summed E-state index contributed by atoms with van der Waals surface area (Å²) in [5.74, 6) is 0. The van der Waals surface area contributed by atoms with Gasteiger partial charge in [-0.2, -0.15) is 0 Å². The van der Waals surface area contributed by atoms with E-state index in [4.69, 9.17) is 11.5 Å². The van der Waals surface area contributed by atoms with Crippen molar-refractivity contribution in [1.82, 2.24) is 4.31 Å². The number of rotatable bonds is 2. The molecule has 14 heavy (non-hydrogen) atoms. The van der Waals surface area contributed by atoms with Crippen LogP contribution in [-0.4, -0.2) is 23.4 Å². The molecule has 1 unspecified atom stereocenters. The molecule has 2 rings (SSSR count). The Morgan fingerprint density at radius 2 is 2.00 bits per heavy atom. The average Bonchev–Trinajstić information content (AvgIpc) is 2.56. The molecule has 1 saturated heterocycles. The van der Waals surface area contributed by atoms with Crippen molar-refractivity contribution in [2.45, 2.75) is 17.4 Å². The van der Waals surface area contributed by atoms with Crippen molar-refractivity contribution < 1.29 is 0 Å². The highest BCUT2D eigenvalue weighted by atomic mass is 32.2. The molecule has 0 saturated carbocycles. The zero-order valence-corrected chi connectivity index (χ0v) is 8.83. The molecular weight excluding hydrogens is 194 g/mol. The SMILES string of the molecule is Nc1ccc(SN2CCC(N)C2)cc1. The van der Waals surface area contributed by atoms with Gasteiger partial charge in [-0.15, -0.1) is 0 Å². The highest BCUT2D eigenvalue weighted by Crippen LogP contribution is 2.26. The van der Waals surface area contributed by atoms with Gasteiger partial charge in [0.15, 0.2) is 0 Å². The van der Waals surface area contributed by atoms with Gasteiger partial charge in [-0.25, -0.2) is 4.31 Å². The molecule has 0 aromatic heterocycles. The first-order valence-electron chi connectivity index (χ1n) is 4.78. The lowest BCUT2D eigenvalue weighted by atomic mass is 10.3. The van der Waals surface area contributed by atoms with Crippen molar-refractivity contribution in [3.05, 3.63) is 24.3 Å². The van der Waals surface area contributed by atoms with Crippen molar-refractivity contribution in [2.75, 3.05) is 18.8 Å². The number of anilines is 1. The Kier molecular flexibility index (Phi) is 2.96. The van der Waals surface area contributed by atoms with Gasteiger partial charge in [-0.3, -0.25) is 0 Å². The first kappa shape index (κ1) is 9.83. The molecule has 1 heterocycles. The molecule has 0 radical (unpaired) electrons. The van der Waals surface area contributed by atoms with E-state index in [1.807, 2.05) is 24.3 Å². The number of nitrogen functional groups attached to an aromatic ring is 1. The van der Waals surface area contributed by atoms with Crippen LogP contribution in [0, 0.1) is 0 Å². The molecule has 0 amide bonds. The van der Waals surface area contributed by atoms with E-state index in [-0.39, 0.29) is 0 Å². The van der Waals surface area contributed by atoms with Crippen molar-refractivity contribution in [3.8, 4) is 0 Å². The first-order chi connectivity index (χ1) is 6.74. The Morgan fingerprint density at radius 3 is 2.57 bits per heavy atom. The van der Waals surface area contributed by atoms with E-state index in [1.165, 1.54) is 4.90 Å². The van der Waals surface area contributed by atoms with Crippen molar-refractivity contribution in [1.29, 1.82) is 0 Å². The number of hydrogen-bond donors (Lipinski definition) is 2. The normalized spacial score (nSPS) is 22.8. The molecule has 0 spiro atoms. The monoisotopic (exact) mass is 209 g/mol. The molecule has 76 valence electrons. The average molecular weight is 209 g/mol. The second kappa shape index (κ2) is 4.21. The van der Waals surface area contributed by atoms with Crippen LogP contribution in [0.3, 0.4) is 0 Å². The van der Waals surface area contributed by atoms with Gasteiger partial charge in [0.25, 0.3) is 0 Å². The Balaban J connectivity index is 1.94. The summed E-state index contributed by atoms with van der Waals surface area (Å²) in [6, 6.07) is 8.29. The van der Waals surface area contributed by atoms with E-state index in [1.54, 1.807) is 11.9 Å². The maximum Gasteiger partial charge on any atom is 0.0314 e. The minimum absolute atomic E-state index is 0.344. The van der Waals surface area contributed by atoms with Crippen LogP contribution >= 0.6 is 11.9 Å². The van der Waals surface area contributed by atoms with Crippen LogP contribution in [0.25, 0.3) is 0 Å². The lowest BCUT2D eigenvalue weighted by molar-refractivity contribution is 0.573. The van der Waals surface area contributed by atoms with E-state index in [9.17, 15) is 0 Å².